The summed E-state index contributed by atoms with van der Waals surface area (Å²) in [4.78, 5) is 4.28. The smallest absolute Gasteiger partial charge is 0.146 e. The van der Waals surface area contributed by atoms with Gasteiger partial charge in [0, 0.05) is 11.6 Å². The molecule has 0 unspecified atom stereocenters. The first kappa shape index (κ1) is 14.7. The maximum Gasteiger partial charge on any atom is 0.146 e. The second-order valence-corrected chi connectivity index (χ2v) is 5.39. The molecule has 2 aromatic rings. The lowest BCUT2D eigenvalue weighted by Gasteiger charge is -2.12. The molecular weight excluding hydrogens is 276 g/mol. The minimum atomic E-state index is 0.524. The topological polar surface area (TPSA) is 52.0 Å². The molecule has 0 radical (unpaired) electrons. The number of nitrogens with zero attached hydrogens (tertiary/aromatic N) is 3. The van der Waals surface area contributed by atoms with E-state index in [0.717, 1.165) is 23.8 Å². The monoisotopic (exact) mass is 294 g/mol. The number of hydrogen-bond donors (Lipinski definition) is 1. The molecule has 1 aromatic heterocycles. The minimum absolute atomic E-state index is 0.524. The third-order valence-electron chi connectivity index (χ3n) is 2.83. The average Bonchev–Trinajstić information content (AvgIpc) is 2.83. The molecule has 2 rings (SSSR count). The Morgan fingerprint density at radius 2 is 2.20 bits per heavy atom. The highest BCUT2D eigenvalue weighted by Gasteiger charge is 2.08. The van der Waals surface area contributed by atoms with E-state index in [4.69, 9.17) is 16.3 Å². The summed E-state index contributed by atoms with van der Waals surface area (Å²) >= 11 is 6.01. The van der Waals surface area contributed by atoms with Crippen LogP contribution in [0.2, 0.25) is 5.02 Å². The van der Waals surface area contributed by atoms with Gasteiger partial charge in [0.25, 0.3) is 0 Å². The van der Waals surface area contributed by atoms with Crippen molar-refractivity contribution < 1.29 is 4.74 Å². The fourth-order valence-electron chi connectivity index (χ4n) is 1.92. The number of methoxy groups -OCH3 is 1. The Balaban J connectivity index is 2.09. The largest absolute Gasteiger partial charge is 0.495 e. The number of aromatic nitrogens is 3. The van der Waals surface area contributed by atoms with Gasteiger partial charge < -0.3 is 10.1 Å². The summed E-state index contributed by atoms with van der Waals surface area (Å²) < 4.78 is 7.21. The summed E-state index contributed by atoms with van der Waals surface area (Å²) in [6.45, 7) is 5.73. The quantitative estimate of drug-likeness (QED) is 0.889. The number of rotatable bonds is 6. The highest BCUT2D eigenvalue weighted by molar-refractivity contribution is 6.30. The van der Waals surface area contributed by atoms with Crippen molar-refractivity contribution in [2.45, 2.75) is 26.9 Å². The molecule has 0 saturated heterocycles. The van der Waals surface area contributed by atoms with Gasteiger partial charge in [-0.25, -0.2) is 9.67 Å². The number of halogens is 1. The first-order valence-electron chi connectivity index (χ1n) is 6.54. The molecule has 5 nitrogen and oxygen atoms in total. The highest BCUT2D eigenvalue weighted by atomic mass is 35.5. The molecule has 20 heavy (non-hydrogen) atoms. The first-order chi connectivity index (χ1) is 9.60. The second-order valence-electron chi connectivity index (χ2n) is 4.95. The molecular formula is C14H19ClN4O. The fraction of sp³-hybridized carbons (Fsp3) is 0.429. The number of ether oxygens (including phenoxy) is 1. The van der Waals surface area contributed by atoms with Crippen LogP contribution in [0.15, 0.2) is 24.5 Å². The number of nitrogens with one attached hydrogen (secondary N) is 1. The Labute approximate surface area is 123 Å². The molecule has 1 heterocycles. The SMILES string of the molecule is COc1ccc(Cl)cc1NCc1ncnn1CC(C)C. The van der Waals surface area contributed by atoms with E-state index in [1.807, 2.05) is 16.8 Å². The Bertz CT molecular complexity index is 568. The van der Waals surface area contributed by atoms with Gasteiger partial charge >= 0.3 is 0 Å². The zero-order valence-electron chi connectivity index (χ0n) is 11.9. The molecule has 0 aliphatic carbocycles. The summed E-state index contributed by atoms with van der Waals surface area (Å²) in [6, 6.07) is 5.47. The molecule has 0 aliphatic rings. The van der Waals surface area contributed by atoms with Crippen LogP contribution in [-0.4, -0.2) is 21.9 Å². The van der Waals surface area contributed by atoms with E-state index in [-0.39, 0.29) is 0 Å². The third kappa shape index (κ3) is 3.63. The van der Waals surface area contributed by atoms with Gasteiger partial charge in [-0.3, -0.25) is 0 Å². The Morgan fingerprint density at radius 1 is 1.40 bits per heavy atom. The molecule has 6 heteroatoms. The van der Waals surface area contributed by atoms with Crippen molar-refractivity contribution in [1.29, 1.82) is 0 Å². The zero-order chi connectivity index (χ0) is 14.5. The number of hydrogen-bond acceptors (Lipinski definition) is 4. The summed E-state index contributed by atoms with van der Waals surface area (Å²) in [7, 11) is 1.63. The molecule has 1 N–H and O–H groups in total. The van der Waals surface area contributed by atoms with Crippen LogP contribution >= 0.6 is 11.6 Å². The van der Waals surface area contributed by atoms with E-state index < -0.39 is 0 Å². The standard InChI is InChI=1S/C14H19ClN4O/c1-10(2)8-19-14(17-9-18-19)7-16-12-6-11(15)4-5-13(12)20-3/h4-6,9-10,16H,7-8H2,1-3H3. The lowest BCUT2D eigenvalue weighted by atomic mass is 10.2. The van der Waals surface area contributed by atoms with Crippen LogP contribution in [0, 0.1) is 5.92 Å². The van der Waals surface area contributed by atoms with Crippen LogP contribution in [0.1, 0.15) is 19.7 Å². The maximum atomic E-state index is 6.01. The van der Waals surface area contributed by atoms with Crippen molar-refractivity contribution in [2.75, 3.05) is 12.4 Å². The normalized spacial score (nSPS) is 10.8. The fourth-order valence-corrected chi connectivity index (χ4v) is 2.09. The van der Waals surface area contributed by atoms with Gasteiger partial charge in [-0.15, -0.1) is 0 Å². The number of benzene rings is 1. The van der Waals surface area contributed by atoms with Crippen LogP contribution in [0.4, 0.5) is 5.69 Å². The maximum absolute atomic E-state index is 6.01. The molecule has 0 amide bonds. The van der Waals surface area contributed by atoms with Crippen molar-refractivity contribution in [3.8, 4) is 5.75 Å². The van der Waals surface area contributed by atoms with Crippen LogP contribution < -0.4 is 10.1 Å². The summed E-state index contributed by atoms with van der Waals surface area (Å²) in [5, 5.41) is 8.19. The molecule has 0 aliphatic heterocycles. The van der Waals surface area contributed by atoms with Gasteiger partial charge in [-0.1, -0.05) is 25.4 Å². The predicted octanol–water partition coefficient (Wildman–Crippen LogP) is 3.21. The van der Waals surface area contributed by atoms with Crippen molar-refractivity contribution in [3.05, 3.63) is 35.4 Å². The van der Waals surface area contributed by atoms with E-state index in [1.54, 1.807) is 19.5 Å². The highest BCUT2D eigenvalue weighted by Crippen LogP contribution is 2.27. The molecule has 0 bridgehead atoms. The van der Waals surface area contributed by atoms with Gasteiger partial charge in [-0.2, -0.15) is 5.10 Å². The second kappa shape index (κ2) is 6.61. The average molecular weight is 295 g/mol. The summed E-state index contributed by atoms with van der Waals surface area (Å²) in [5.74, 6) is 2.17. The van der Waals surface area contributed by atoms with Gasteiger partial charge in [-0.05, 0) is 24.1 Å². The van der Waals surface area contributed by atoms with Crippen LogP contribution in [-0.2, 0) is 13.1 Å². The van der Waals surface area contributed by atoms with E-state index in [0.29, 0.717) is 17.5 Å². The Kier molecular flexibility index (Phi) is 4.84. The molecule has 108 valence electrons. The van der Waals surface area contributed by atoms with Crippen LogP contribution in [0.3, 0.4) is 0 Å². The zero-order valence-corrected chi connectivity index (χ0v) is 12.7. The molecule has 0 spiro atoms. The lowest BCUT2D eigenvalue weighted by molar-refractivity contribution is 0.416. The predicted molar refractivity (Wildman–Crippen MR) is 80.2 cm³/mol. The van der Waals surface area contributed by atoms with Crippen molar-refractivity contribution in [1.82, 2.24) is 14.8 Å². The van der Waals surface area contributed by atoms with Crippen LogP contribution in [0.5, 0.6) is 5.75 Å². The Morgan fingerprint density at radius 3 is 2.90 bits per heavy atom. The Hall–Kier alpha value is -1.75. The molecule has 0 atom stereocenters. The molecule has 1 aromatic carbocycles. The van der Waals surface area contributed by atoms with E-state index in [2.05, 4.69) is 29.2 Å². The van der Waals surface area contributed by atoms with Gasteiger partial charge in [0.05, 0.1) is 19.3 Å². The molecule has 0 saturated carbocycles. The van der Waals surface area contributed by atoms with Gasteiger partial charge in [0.1, 0.15) is 17.9 Å². The molecule has 0 fully saturated rings. The summed E-state index contributed by atoms with van der Waals surface area (Å²) in [6.07, 6.45) is 1.58. The minimum Gasteiger partial charge on any atom is -0.495 e. The van der Waals surface area contributed by atoms with Crippen LogP contribution in [0.25, 0.3) is 0 Å². The van der Waals surface area contributed by atoms with Crippen molar-refractivity contribution in [3.63, 3.8) is 0 Å². The van der Waals surface area contributed by atoms with Gasteiger partial charge in [0.15, 0.2) is 0 Å². The first-order valence-corrected chi connectivity index (χ1v) is 6.92. The van der Waals surface area contributed by atoms with Crippen molar-refractivity contribution >= 4 is 17.3 Å². The third-order valence-corrected chi connectivity index (χ3v) is 3.07. The number of anilines is 1. The summed E-state index contributed by atoms with van der Waals surface area (Å²) in [5.41, 5.74) is 0.846. The van der Waals surface area contributed by atoms with Crippen molar-refractivity contribution in [2.24, 2.45) is 5.92 Å². The van der Waals surface area contributed by atoms with E-state index in [1.165, 1.54) is 0 Å². The van der Waals surface area contributed by atoms with E-state index >= 15 is 0 Å². The lowest BCUT2D eigenvalue weighted by Crippen LogP contribution is -2.13. The van der Waals surface area contributed by atoms with Gasteiger partial charge in [0.2, 0.25) is 0 Å². The van der Waals surface area contributed by atoms with E-state index in [9.17, 15) is 0 Å².